The van der Waals surface area contributed by atoms with E-state index in [-0.39, 0.29) is 35.3 Å². The standard InChI is InChI=1S/C18H27FN2O2.ClH/c1-23-16-6-5-14(11-15(16)19)7-10-21-17(22)12-18(13-20)8-3-2-4-9-18;/h5-6,11H,2-4,7-10,12-13,20H2,1H3,(H,21,22);1H. The van der Waals surface area contributed by atoms with Crippen LogP contribution in [0.15, 0.2) is 18.2 Å². The summed E-state index contributed by atoms with van der Waals surface area (Å²) in [6.45, 7) is 1.08. The van der Waals surface area contributed by atoms with Crippen molar-refractivity contribution in [3.05, 3.63) is 29.6 Å². The Labute approximate surface area is 149 Å². The van der Waals surface area contributed by atoms with Crippen LogP contribution in [-0.2, 0) is 11.2 Å². The largest absolute Gasteiger partial charge is 0.494 e. The summed E-state index contributed by atoms with van der Waals surface area (Å²) in [5, 5.41) is 2.94. The lowest BCUT2D eigenvalue weighted by Crippen LogP contribution is -2.39. The highest BCUT2D eigenvalue weighted by Crippen LogP contribution is 2.38. The average Bonchev–Trinajstić information content (AvgIpc) is 2.56. The maximum Gasteiger partial charge on any atom is 0.220 e. The van der Waals surface area contributed by atoms with Gasteiger partial charge in [0.05, 0.1) is 7.11 Å². The molecule has 0 aliphatic heterocycles. The third-order valence-corrected chi connectivity index (χ3v) is 4.83. The van der Waals surface area contributed by atoms with E-state index < -0.39 is 0 Å². The number of rotatable bonds is 7. The number of benzene rings is 1. The number of halogens is 2. The molecule has 1 saturated carbocycles. The van der Waals surface area contributed by atoms with Crippen LogP contribution in [0.5, 0.6) is 5.75 Å². The zero-order valence-corrected chi connectivity index (χ0v) is 15.1. The lowest BCUT2D eigenvalue weighted by Gasteiger charge is -2.35. The molecule has 1 aromatic rings. The monoisotopic (exact) mass is 358 g/mol. The molecule has 0 radical (unpaired) electrons. The molecule has 24 heavy (non-hydrogen) atoms. The summed E-state index contributed by atoms with van der Waals surface area (Å²) in [7, 11) is 1.44. The molecule has 0 unspecified atom stereocenters. The van der Waals surface area contributed by atoms with Gasteiger partial charge in [-0.05, 0) is 48.9 Å². The smallest absolute Gasteiger partial charge is 0.220 e. The van der Waals surface area contributed by atoms with Gasteiger partial charge in [-0.1, -0.05) is 25.3 Å². The molecule has 1 aliphatic carbocycles. The SMILES string of the molecule is COc1ccc(CCNC(=O)CC2(CN)CCCCC2)cc1F.Cl. The van der Waals surface area contributed by atoms with Gasteiger partial charge in [-0.2, -0.15) is 0 Å². The molecule has 0 aromatic heterocycles. The van der Waals surface area contributed by atoms with Crippen molar-refractivity contribution in [2.75, 3.05) is 20.2 Å². The number of nitrogens with two attached hydrogens (primary N) is 1. The Morgan fingerprint density at radius 1 is 1.33 bits per heavy atom. The molecule has 1 aliphatic rings. The summed E-state index contributed by atoms with van der Waals surface area (Å²) >= 11 is 0. The Bertz CT molecular complexity index is 534. The molecular weight excluding hydrogens is 331 g/mol. The first kappa shape index (κ1) is 20.7. The van der Waals surface area contributed by atoms with Gasteiger partial charge in [-0.3, -0.25) is 4.79 Å². The molecule has 2 rings (SSSR count). The van der Waals surface area contributed by atoms with Crippen molar-refractivity contribution in [1.29, 1.82) is 0 Å². The Hall–Kier alpha value is -1.33. The van der Waals surface area contributed by atoms with Gasteiger partial charge in [-0.15, -0.1) is 12.4 Å². The molecule has 0 atom stereocenters. The van der Waals surface area contributed by atoms with Gasteiger partial charge >= 0.3 is 0 Å². The van der Waals surface area contributed by atoms with Crippen LogP contribution < -0.4 is 15.8 Å². The predicted molar refractivity (Wildman–Crippen MR) is 96.1 cm³/mol. The van der Waals surface area contributed by atoms with E-state index in [1.807, 2.05) is 6.07 Å². The lowest BCUT2D eigenvalue weighted by atomic mass is 9.71. The number of ether oxygens (including phenoxy) is 1. The lowest BCUT2D eigenvalue weighted by molar-refractivity contribution is -0.123. The molecule has 0 spiro atoms. The van der Waals surface area contributed by atoms with Crippen LogP contribution in [0.1, 0.15) is 44.1 Å². The van der Waals surface area contributed by atoms with E-state index in [4.69, 9.17) is 10.5 Å². The number of methoxy groups -OCH3 is 1. The molecule has 1 amide bonds. The third kappa shape index (κ3) is 5.64. The van der Waals surface area contributed by atoms with Gasteiger partial charge in [-0.25, -0.2) is 4.39 Å². The molecule has 0 heterocycles. The van der Waals surface area contributed by atoms with E-state index in [0.717, 1.165) is 31.2 Å². The van der Waals surface area contributed by atoms with Crippen LogP contribution in [-0.4, -0.2) is 26.1 Å². The molecule has 6 heteroatoms. The minimum absolute atomic E-state index is 0. The van der Waals surface area contributed by atoms with Crippen LogP contribution in [0, 0.1) is 11.2 Å². The highest BCUT2D eigenvalue weighted by atomic mass is 35.5. The third-order valence-electron chi connectivity index (χ3n) is 4.83. The number of amides is 1. The quantitative estimate of drug-likeness (QED) is 0.786. The number of carbonyl (C=O) groups is 1. The van der Waals surface area contributed by atoms with Crippen molar-refractivity contribution in [1.82, 2.24) is 5.32 Å². The Morgan fingerprint density at radius 2 is 2.04 bits per heavy atom. The fourth-order valence-electron chi connectivity index (χ4n) is 3.37. The highest BCUT2D eigenvalue weighted by molar-refractivity contribution is 5.85. The van der Waals surface area contributed by atoms with Gasteiger partial charge in [0.25, 0.3) is 0 Å². The van der Waals surface area contributed by atoms with Crippen LogP contribution in [0.3, 0.4) is 0 Å². The van der Waals surface area contributed by atoms with Gasteiger partial charge in [0.2, 0.25) is 5.91 Å². The van der Waals surface area contributed by atoms with E-state index >= 15 is 0 Å². The predicted octanol–water partition coefficient (Wildman–Crippen LogP) is 3.21. The van der Waals surface area contributed by atoms with Crippen LogP contribution in [0.25, 0.3) is 0 Å². The maximum atomic E-state index is 13.6. The van der Waals surface area contributed by atoms with E-state index in [2.05, 4.69) is 5.32 Å². The van der Waals surface area contributed by atoms with Gasteiger partial charge in [0.15, 0.2) is 11.6 Å². The van der Waals surface area contributed by atoms with E-state index in [9.17, 15) is 9.18 Å². The van der Waals surface area contributed by atoms with Crippen molar-refractivity contribution in [3.8, 4) is 5.75 Å². The number of hydrogen-bond acceptors (Lipinski definition) is 3. The molecule has 3 N–H and O–H groups in total. The number of nitrogens with one attached hydrogen (secondary N) is 1. The minimum Gasteiger partial charge on any atom is -0.494 e. The molecule has 136 valence electrons. The van der Waals surface area contributed by atoms with E-state index in [1.165, 1.54) is 19.6 Å². The zero-order valence-electron chi connectivity index (χ0n) is 14.3. The van der Waals surface area contributed by atoms with Crippen LogP contribution in [0.4, 0.5) is 4.39 Å². The summed E-state index contributed by atoms with van der Waals surface area (Å²) in [5.41, 5.74) is 6.74. The summed E-state index contributed by atoms with van der Waals surface area (Å²) in [4.78, 5) is 12.2. The molecule has 1 aromatic carbocycles. The van der Waals surface area contributed by atoms with Crippen LogP contribution >= 0.6 is 12.4 Å². The van der Waals surface area contributed by atoms with Crippen molar-refractivity contribution in [2.45, 2.75) is 44.9 Å². The first-order valence-corrected chi connectivity index (χ1v) is 8.38. The molecular formula is C18H28ClFN2O2. The van der Waals surface area contributed by atoms with Crippen molar-refractivity contribution in [3.63, 3.8) is 0 Å². The van der Waals surface area contributed by atoms with E-state index in [1.54, 1.807) is 6.07 Å². The molecule has 4 nitrogen and oxygen atoms in total. The summed E-state index contributed by atoms with van der Waals surface area (Å²) in [6.07, 6.45) is 6.75. The highest BCUT2D eigenvalue weighted by Gasteiger charge is 2.32. The summed E-state index contributed by atoms with van der Waals surface area (Å²) < 4.78 is 18.5. The topological polar surface area (TPSA) is 64.3 Å². The second-order valence-electron chi connectivity index (χ2n) is 6.51. The Kier molecular flexibility index (Phi) is 8.50. The van der Waals surface area contributed by atoms with Gasteiger partial charge < -0.3 is 15.8 Å². The fourth-order valence-corrected chi connectivity index (χ4v) is 3.37. The first-order valence-electron chi connectivity index (χ1n) is 8.38. The van der Waals surface area contributed by atoms with Crippen molar-refractivity contribution >= 4 is 18.3 Å². The van der Waals surface area contributed by atoms with Crippen molar-refractivity contribution in [2.24, 2.45) is 11.1 Å². The summed E-state index contributed by atoms with van der Waals surface area (Å²) in [6, 6.07) is 4.88. The number of carbonyl (C=O) groups excluding carboxylic acids is 1. The molecule has 1 fully saturated rings. The van der Waals surface area contributed by atoms with Gasteiger partial charge in [0, 0.05) is 13.0 Å². The number of hydrogen-bond donors (Lipinski definition) is 2. The van der Waals surface area contributed by atoms with Crippen molar-refractivity contribution < 1.29 is 13.9 Å². The average molecular weight is 359 g/mol. The maximum absolute atomic E-state index is 13.6. The Balaban J connectivity index is 0.00000288. The van der Waals surface area contributed by atoms with Crippen LogP contribution in [0.2, 0.25) is 0 Å². The normalized spacial score (nSPS) is 16.1. The Morgan fingerprint density at radius 3 is 2.62 bits per heavy atom. The van der Waals surface area contributed by atoms with Gasteiger partial charge in [0.1, 0.15) is 0 Å². The second-order valence-corrected chi connectivity index (χ2v) is 6.51. The summed E-state index contributed by atoms with van der Waals surface area (Å²) in [5.74, 6) is -0.0908. The van der Waals surface area contributed by atoms with E-state index in [0.29, 0.717) is 25.9 Å². The zero-order chi connectivity index (χ0) is 16.7. The molecule has 0 saturated heterocycles. The minimum atomic E-state index is -0.374. The molecule has 0 bridgehead atoms. The fraction of sp³-hybridized carbons (Fsp3) is 0.611. The second kappa shape index (κ2) is 9.84. The first-order chi connectivity index (χ1) is 11.1.